The van der Waals surface area contributed by atoms with E-state index in [2.05, 4.69) is 45.1 Å². The van der Waals surface area contributed by atoms with Gasteiger partial charge in [-0.05, 0) is 42.5 Å². The van der Waals surface area contributed by atoms with Gasteiger partial charge in [-0.3, -0.25) is 0 Å². The van der Waals surface area contributed by atoms with Crippen LogP contribution in [0.25, 0.3) is 0 Å². The van der Waals surface area contributed by atoms with Crippen LogP contribution in [0.2, 0.25) is 0 Å². The molecule has 2 unspecified atom stereocenters. The highest BCUT2D eigenvalue weighted by Crippen LogP contribution is 2.35. The molecule has 3 nitrogen and oxygen atoms in total. The molecule has 0 aromatic heterocycles. The van der Waals surface area contributed by atoms with Crippen LogP contribution in [0.5, 0.6) is 11.5 Å². The Kier molecular flexibility index (Phi) is 5.88. The van der Waals surface area contributed by atoms with E-state index < -0.39 is 0 Å². The normalized spacial score (nSPS) is 14.8. The summed E-state index contributed by atoms with van der Waals surface area (Å²) in [7, 11) is 5.38. The molecule has 2 atom stereocenters. The fourth-order valence-electron chi connectivity index (χ4n) is 2.16. The summed E-state index contributed by atoms with van der Waals surface area (Å²) in [5.74, 6) is 2.28. The van der Waals surface area contributed by atoms with E-state index in [4.69, 9.17) is 9.47 Å². The van der Waals surface area contributed by atoms with Crippen LogP contribution in [-0.4, -0.2) is 21.3 Å². The first kappa shape index (κ1) is 16.8. The molecule has 0 spiro atoms. The molecule has 3 heteroatoms. The molecule has 114 valence electrons. The van der Waals surface area contributed by atoms with E-state index >= 15 is 0 Å². The Morgan fingerprint density at radius 1 is 1.05 bits per heavy atom. The lowest BCUT2D eigenvalue weighted by Crippen LogP contribution is -2.25. The third-order valence-electron chi connectivity index (χ3n) is 4.19. The van der Waals surface area contributed by atoms with Crippen LogP contribution in [0.4, 0.5) is 0 Å². The van der Waals surface area contributed by atoms with E-state index in [1.807, 2.05) is 13.1 Å². The van der Waals surface area contributed by atoms with E-state index in [0.717, 1.165) is 17.9 Å². The Hall–Kier alpha value is -1.22. The molecule has 0 amide bonds. The van der Waals surface area contributed by atoms with E-state index in [9.17, 15) is 0 Å². The lowest BCUT2D eigenvalue weighted by atomic mass is 9.77. The Morgan fingerprint density at radius 3 is 1.90 bits per heavy atom. The molecule has 1 rings (SSSR count). The van der Waals surface area contributed by atoms with Crippen molar-refractivity contribution in [2.45, 2.75) is 40.2 Å². The fraction of sp³-hybridized carbons (Fsp3) is 0.647. The largest absolute Gasteiger partial charge is 0.497 e. The number of ether oxygens (including phenoxy) is 2. The summed E-state index contributed by atoms with van der Waals surface area (Å²) in [6, 6.07) is 6.37. The highest BCUT2D eigenvalue weighted by molar-refractivity contribution is 5.39. The molecule has 0 aliphatic carbocycles. The van der Waals surface area contributed by atoms with E-state index in [0.29, 0.717) is 17.4 Å². The van der Waals surface area contributed by atoms with Crippen LogP contribution in [-0.2, 0) is 0 Å². The molecule has 1 aromatic rings. The second-order valence-electron chi connectivity index (χ2n) is 6.49. The standard InChI is InChI=1S/C17H29NO2/c1-12(17(2,3)4)8-16(18-5)13-9-14(19-6)11-15(10-13)20-7/h9-12,16,18H,8H2,1-7H3. The van der Waals surface area contributed by atoms with Gasteiger partial charge in [-0.2, -0.15) is 0 Å². The number of rotatable bonds is 6. The van der Waals surface area contributed by atoms with Crippen molar-refractivity contribution in [1.29, 1.82) is 0 Å². The van der Waals surface area contributed by atoms with Crippen molar-refractivity contribution in [3.8, 4) is 11.5 Å². The summed E-state index contributed by atoms with van der Waals surface area (Å²) in [6.45, 7) is 9.17. The maximum Gasteiger partial charge on any atom is 0.122 e. The number of methoxy groups -OCH3 is 2. The molecule has 1 aromatic carbocycles. The Labute approximate surface area is 123 Å². The van der Waals surface area contributed by atoms with Crippen molar-refractivity contribution in [3.63, 3.8) is 0 Å². The average Bonchev–Trinajstić information content (AvgIpc) is 2.42. The zero-order valence-electron chi connectivity index (χ0n) is 13.9. The lowest BCUT2D eigenvalue weighted by Gasteiger charge is -2.31. The Morgan fingerprint density at radius 2 is 1.55 bits per heavy atom. The molecular weight excluding hydrogens is 250 g/mol. The van der Waals surface area contributed by atoms with E-state index in [-0.39, 0.29) is 0 Å². The first-order valence-corrected chi connectivity index (χ1v) is 7.22. The van der Waals surface area contributed by atoms with Crippen LogP contribution in [0.1, 0.15) is 45.7 Å². The number of hydrogen-bond donors (Lipinski definition) is 1. The van der Waals surface area contributed by atoms with Crippen LogP contribution in [0, 0.1) is 11.3 Å². The van der Waals surface area contributed by atoms with Gasteiger partial charge in [0.1, 0.15) is 11.5 Å². The maximum absolute atomic E-state index is 5.36. The molecule has 0 saturated carbocycles. The summed E-state index contributed by atoms with van der Waals surface area (Å²) in [4.78, 5) is 0. The average molecular weight is 279 g/mol. The van der Waals surface area contributed by atoms with Crippen LogP contribution in [0.15, 0.2) is 18.2 Å². The molecular formula is C17H29NO2. The summed E-state index contributed by atoms with van der Waals surface area (Å²) >= 11 is 0. The van der Waals surface area contributed by atoms with Crippen LogP contribution >= 0.6 is 0 Å². The van der Waals surface area contributed by atoms with Crippen molar-refractivity contribution in [2.24, 2.45) is 11.3 Å². The molecule has 0 saturated heterocycles. The molecule has 0 radical (unpaired) electrons. The van der Waals surface area contributed by atoms with Crippen molar-refractivity contribution >= 4 is 0 Å². The monoisotopic (exact) mass is 279 g/mol. The minimum Gasteiger partial charge on any atom is -0.497 e. The zero-order chi connectivity index (χ0) is 15.3. The maximum atomic E-state index is 5.36. The minimum absolute atomic E-state index is 0.299. The van der Waals surface area contributed by atoms with Crippen molar-refractivity contribution in [3.05, 3.63) is 23.8 Å². The molecule has 0 aliphatic rings. The van der Waals surface area contributed by atoms with Crippen molar-refractivity contribution in [1.82, 2.24) is 5.32 Å². The lowest BCUT2D eigenvalue weighted by molar-refractivity contribution is 0.226. The zero-order valence-corrected chi connectivity index (χ0v) is 13.9. The van der Waals surface area contributed by atoms with Gasteiger partial charge in [-0.1, -0.05) is 27.7 Å². The van der Waals surface area contributed by atoms with Gasteiger partial charge in [0, 0.05) is 12.1 Å². The van der Waals surface area contributed by atoms with Gasteiger partial charge in [-0.15, -0.1) is 0 Å². The molecule has 0 bridgehead atoms. The SMILES string of the molecule is CNC(CC(C)C(C)(C)C)c1cc(OC)cc(OC)c1. The highest BCUT2D eigenvalue weighted by Gasteiger charge is 2.24. The van der Waals surface area contributed by atoms with Gasteiger partial charge < -0.3 is 14.8 Å². The van der Waals surface area contributed by atoms with Gasteiger partial charge in [-0.25, -0.2) is 0 Å². The molecule has 0 aliphatic heterocycles. The number of hydrogen-bond acceptors (Lipinski definition) is 3. The van der Waals surface area contributed by atoms with Gasteiger partial charge in [0.15, 0.2) is 0 Å². The number of nitrogens with one attached hydrogen (secondary N) is 1. The summed E-state index contributed by atoms with van der Waals surface area (Å²) < 4.78 is 10.7. The smallest absolute Gasteiger partial charge is 0.122 e. The molecule has 20 heavy (non-hydrogen) atoms. The predicted octanol–water partition coefficient (Wildman–Crippen LogP) is 4.04. The third kappa shape index (κ3) is 4.41. The quantitative estimate of drug-likeness (QED) is 0.852. The predicted molar refractivity (Wildman–Crippen MR) is 84.6 cm³/mol. The molecule has 0 heterocycles. The Bertz CT molecular complexity index is 401. The van der Waals surface area contributed by atoms with E-state index in [1.165, 1.54) is 5.56 Å². The summed E-state index contributed by atoms with van der Waals surface area (Å²) in [5.41, 5.74) is 1.51. The Balaban J connectivity index is 3.00. The number of benzene rings is 1. The summed E-state index contributed by atoms with van der Waals surface area (Å²) in [5, 5.41) is 3.41. The first-order valence-electron chi connectivity index (χ1n) is 7.22. The second-order valence-corrected chi connectivity index (χ2v) is 6.49. The van der Waals surface area contributed by atoms with Gasteiger partial charge in [0.2, 0.25) is 0 Å². The summed E-state index contributed by atoms with van der Waals surface area (Å²) in [6.07, 6.45) is 1.08. The van der Waals surface area contributed by atoms with Crippen LogP contribution < -0.4 is 14.8 Å². The van der Waals surface area contributed by atoms with Gasteiger partial charge in [0.25, 0.3) is 0 Å². The van der Waals surface area contributed by atoms with E-state index in [1.54, 1.807) is 14.2 Å². The molecule has 0 fully saturated rings. The molecule has 1 N–H and O–H groups in total. The topological polar surface area (TPSA) is 30.5 Å². The third-order valence-corrected chi connectivity index (χ3v) is 4.19. The fourth-order valence-corrected chi connectivity index (χ4v) is 2.16. The minimum atomic E-state index is 0.299. The van der Waals surface area contributed by atoms with Gasteiger partial charge in [0.05, 0.1) is 14.2 Å². The highest BCUT2D eigenvalue weighted by atomic mass is 16.5. The van der Waals surface area contributed by atoms with Crippen molar-refractivity contribution < 1.29 is 9.47 Å². The first-order chi connectivity index (χ1) is 9.31. The second kappa shape index (κ2) is 6.98. The van der Waals surface area contributed by atoms with Gasteiger partial charge >= 0.3 is 0 Å². The van der Waals surface area contributed by atoms with Crippen LogP contribution in [0.3, 0.4) is 0 Å². The van der Waals surface area contributed by atoms with Crippen molar-refractivity contribution in [2.75, 3.05) is 21.3 Å².